The maximum atomic E-state index is 9.70. The van der Waals surface area contributed by atoms with Gasteiger partial charge in [-0.2, -0.15) is 0 Å². The number of hydrogen-bond donors (Lipinski definition) is 3. The van der Waals surface area contributed by atoms with E-state index in [1.54, 1.807) is 12.1 Å². The van der Waals surface area contributed by atoms with Crippen LogP contribution >= 0.6 is 0 Å². The summed E-state index contributed by atoms with van der Waals surface area (Å²) in [4.78, 5) is 3.25. The van der Waals surface area contributed by atoms with Crippen molar-refractivity contribution in [1.82, 2.24) is 10.3 Å². The van der Waals surface area contributed by atoms with Gasteiger partial charge in [-0.05, 0) is 46.9 Å². The molecule has 29 heavy (non-hydrogen) atoms. The molecule has 3 N–H and O–H groups in total. The van der Waals surface area contributed by atoms with Crippen molar-refractivity contribution in [2.45, 2.75) is 20.3 Å². The molecule has 0 unspecified atom stereocenters. The van der Waals surface area contributed by atoms with Crippen molar-refractivity contribution >= 4 is 16.6 Å². The van der Waals surface area contributed by atoms with Crippen LogP contribution in [0.1, 0.15) is 25.0 Å². The summed E-state index contributed by atoms with van der Waals surface area (Å²) in [7, 11) is 0. The van der Waals surface area contributed by atoms with Gasteiger partial charge in [0.05, 0.1) is 0 Å². The van der Waals surface area contributed by atoms with Gasteiger partial charge in [0, 0.05) is 29.3 Å². The number of rotatable bonds is 6. The Bertz CT molecular complexity index is 1060. The summed E-state index contributed by atoms with van der Waals surface area (Å²) in [5.41, 5.74) is 6.64. The number of aromatic amines is 1. The van der Waals surface area contributed by atoms with Crippen LogP contribution in [0.15, 0.2) is 85.6 Å². The smallest absolute Gasteiger partial charge is 0.116 e. The summed E-state index contributed by atoms with van der Waals surface area (Å²) in [5.74, 6) is 0.291. The predicted octanol–water partition coefficient (Wildman–Crippen LogP) is 6.37. The molecule has 0 aliphatic rings. The zero-order valence-electron chi connectivity index (χ0n) is 17.1. The molecule has 0 aliphatic carbocycles. The van der Waals surface area contributed by atoms with Crippen molar-refractivity contribution in [3.63, 3.8) is 0 Å². The van der Waals surface area contributed by atoms with Crippen LogP contribution in [0.2, 0.25) is 0 Å². The van der Waals surface area contributed by atoms with E-state index in [2.05, 4.69) is 53.3 Å². The van der Waals surface area contributed by atoms with Gasteiger partial charge in [-0.1, -0.05) is 75.0 Å². The molecule has 4 rings (SSSR count). The van der Waals surface area contributed by atoms with E-state index in [0.29, 0.717) is 5.75 Å². The Morgan fingerprint density at radius 1 is 0.931 bits per heavy atom. The Balaban J connectivity index is 0.00000117. The number of aromatic hydroxyl groups is 1. The molecule has 0 radical (unpaired) electrons. The second-order valence-corrected chi connectivity index (χ2v) is 6.64. The van der Waals surface area contributed by atoms with Crippen molar-refractivity contribution in [2.75, 3.05) is 6.54 Å². The summed E-state index contributed by atoms with van der Waals surface area (Å²) >= 11 is 0. The van der Waals surface area contributed by atoms with Crippen LogP contribution in [-0.4, -0.2) is 16.6 Å². The van der Waals surface area contributed by atoms with Gasteiger partial charge in [-0.3, -0.25) is 0 Å². The zero-order valence-corrected chi connectivity index (χ0v) is 17.1. The Morgan fingerprint density at radius 2 is 1.62 bits per heavy atom. The van der Waals surface area contributed by atoms with Gasteiger partial charge in [0.15, 0.2) is 0 Å². The topological polar surface area (TPSA) is 48.0 Å². The molecule has 0 fully saturated rings. The number of phenolic OH excluding ortho intramolecular Hbond substituents is 1. The fourth-order valence-electron chi connectivity index (χ4n) is 3.32. The number of phenols is 1. The zero-order chi connectivity index (χ0) is 20.6. The monoisotopic (exact) mass is 384 g/mol. The van der Waals surface area contributed by atoms with Crippen LogP contribution in [-0.2, 0) is 6.42 Å². The number of H-pyrrole nitrogens is 1. The van der Waals surface area contributed by atoms with Crippen molar-refractivity contribution < 1.29 is 5.11 Å². The minimum Gasteiger partial charge on any atom is -0.508 e. The molecule has 3 nitrogen and oxygen atoms in total. The molecule has 1 heterocycles. The first-order valence-electron chi connectivity index (χ1n) is 10.1. The summed E-state index contributed by atoms with van der Waals surface area (Å²) in [6.07, 6.45) is 2.85. The number of hydrogen-bond acceptors (Lipinski definition) is 2. The maximum Gasteiger partial charge on any atom is 0.116 e. The molecule has 0 bridgehead atoms. The fourth-order valence-corrected chi connectivity index (χ4v) is 3.32. The normalized spacial score (nSPS) is 10.3. The van der Waals surface area contributed by atoms with E-state index in [4.69, 9.17) is 0 Å². The van der Waals surface area contributed by atoms with Crippen molar-refractivity contribution in [3.05, 3.63) is 96.7 Å². The molecule has 3 aromatic carbocycles. The third-order valence-electron chi connectivity index (χ3n) is 4.82. The van der Waals surface area contributed by atoms with Gasteiger partial charge in [0.2, 0.25) is 0 Å². The van der Waals surface area contributed by atoms with Gasteiger partial charge in [0.1, 0.15) is 5.75 Å². The highest BCUT2D eigenvalue weighted by Crippen LogP contribution is 2.24. The molecule has 3 heteroatoms. The first-order valence-corrected chi connectivity index (χ1v) is 10.1. The van der Waals surface area contributed by atoms with Crippen LogP contribution in [0, 0.1) is 0 Å². The van der Waals surface area contributed by atoms with Crippen LogP contribution in [0.25, 0.3) is 27.7 Å². The van der Waals surface area contributed by atoms with E-state index in [-0.39, 0.29) is 0 Å². The summed E-state index contributed by atoms with van der Waals surface area (Å²) in [6, 6.07) is 24.2. The van der Waals surface area contributed by atoms with Crippen LogP contribution in [0.5, 0.6) is 5.75 Å². The summed E-state index contributed by atoms with van der Waals surface area (Å²) in [6.45, 7) is 8.94. The first kappa shape index (κ1) is 20.3. The summed E-state index contributed by atoms with van der Waals surface area (Å²) < 4.78 is 0. The largest absolute Gasteiger partial charge is 0.508 e. The minimum absolute atomic E-state index is 0.291. The van der Waals surface area contributed by atoms with Crippen molar-refractivity contribution in [1.29, 1.82) is 0 Å². The van der Waals surface area contributed by atoms with Crippen LogP contribution in [0.4, 0.5) is 0 Å². The quantitative estimate of drug-likeness (QED) is 0.362. The molecule has 0 spiro atoms. The van der Waals surface area contributed by atoms with E-state index in [1.165, 1.54) is 16.7 Å². The highest BCUT2D eigenvalue weighted by atomic mass is 16.3. The second kappa shape index (κ2) is 9.65. The molecule has 148 valence electrons. The highest BCUT2D eigenvalue weighted by Gasteiger charge is 2.05. The Kier molecular flexibility index (Phi) is 6.75. The number of aromatic nitrogens is 1. The maximum absolute atomic E-state index is 9.70. The van der Waals surface area contributed by atoms with Crippen molar-refractivity contribution in [2.24, 2.45) is 0 Å². The lowest BCUT2D eigenvalue weighted by Gasteiger charge is -2.10. The van der Waals surface area contributed by atoms with Gasteiger partial charge in [-0.25, -0.2) is 0 Å². The molecule has 0 saturated carbocycles. The molecule has 0 amide bonds. The molecule has 0 saturated heterocycles. The summed E-state index contributed by atoms with van der Waals surface area (Å²) in [5, 5.41) is 14.2. The van der Waals surface area contributed by atoms with Gasteiger partial charge in [0.25, 0.3) is 0 Å². The van der Waals surface area contributed by atoms with Gasteiger partial charge >= 0.3 is 0 Å². The molecular weight excluding hydrogens is 356 g/mol. The molecule has 1 aromatic heterocycles. The van der Waals surface area contributed by atoms with E-state index >= 15 is 0 Å². The molecule has 4 aromatic rings. The highest BCUT2D eigenvalue weighted by molar-refractivity contribution is 5.84. The predicted molar refractivity (Wildman–Crippen MR) is 124 cm³/mol. The molecule has 0 aliphatic heterocycles. The van der Waals surface area contributed by atoms with Crippen LogP contribution in [0.3, 0.4) is 0 Å². The average Bonchev–Trinajstić information content (AvgIpc) is 3.18. The third-order valence-corrected chi connectivity index (χ3v) is 4.82. The lowest BCUT2D eigenvalue weighted by molar-refractivity contribution is 0.476. The second-order valence-electron chi connectivity index (χ2n) is 6.64. The van der Waals surface area contributed by atoms with Crippen LogP contribution < -0.4 is 5.32 Å². The molecule has 0 atom stereocenters. The average molecular weight is 385 g/mol. The van der Waals surface area contributed by atoms with Crippen molar-refractivity contribution in [3.8, 4) is 16.9 Å². The van der Waals surface area contributed by atoms with E-state index in [0.717, 1.165) is 35.1 Å². The first-order chi connectivity index (χ1) is 14.2. The Labute approximate surface area is 172 Å². The number of benzene rings is 3. The van der Waals surface area contributed by atoms with E-state index < -0.39 is 0 Å². The van der Waals surface area contributed by atoms with E-state index in [9.17, 15) is 5.11 Å². The number of fused-ring (bicyclic) bond motifs is 1. The third kappa shape index (κ3) is 4.88. The van der Waals surface area contributed by atoms with E-state index in [1.807, 2.05) is 44.3 Å². The minimum atomic E-state index is 0.291. The van der Waals surface area contributed by atoms with Gasteiger partial charge < -0.3 is 15.4 Å². The number of nitrogens with one attached hydrogen (secondary N) is 2. The Hall–Kier alpha value is -3.46. The standard InChI is InChI=1S/C24H22N2O.C2H6/c1-17(18-7-9-20(10-8-18)19-5-3-2-4-6-19)25-14-13-21-16-26-24-12-11-22(27)15-23(21)24;1-2/h2-12,15-16,25-27H,1,13-14H2;1-2H3. The fraction of sp³-hybridized carbons (Fsp3) is 0.154. The Morgan fingerprint density at radius 3 is 2.34 bits per heavy atom. The van der Waals surface area contributed by atoms with Gasteiger partial charge in [-0.15, -0.1) is 0 Å². The lowest BCUT2D eigenvalue weighted by Crippen LogP contribution is -2.14. The SMILES string of the molecule is C=C(NCCc1c[nH]c2ccc(O)cc12)c1ccc(-c2ccccc2)cc1.CC. The lowest BCUT2D eigenvalue weighted by atomic mass is 10.0. The molecular formula is C26H28N2O.